The van der Waals surface area contributed by atoms with E-state index in [1.54, 1.807) is 6.92 Å². The molecule has 106 valence electrons. The van der Waals surface area contributed by atoms with Gasteiger partial charge in [0, 0.05) is 30.3 Å². The Labute approximate surface area is 111 Å². The number of halogens is 2. The third-order valence-electron chi connectivity index (χ3n) is 3.16. The molecule has 1 atom stereocenters. The minimum Gasteiger partial charge on any atom is -0.481 e. The molecule has 0 fully saturated rings. The molecule has 0 saturated heterocycles. The van der Waals surface area contributed by atoms with Gasteiger partial charge in [0.2, 0.25) is 0 Å². The van der Waals surface area contributed by atoms with Crippen LogP contribution in [0.4, 0.5) is 8.78 Å². The van der Waals surface area contributed by atoms with Crippen LogP contribution in [0.25, 0.3) is 0 Å². The first-order valence-electron chi connectivity index (χ1n) is 6.25. The van der Waals surface area contributed by atoms with Crippen LogP contribution in [0.3, 0.4) is 0 Å². The maximum Gasteiger partial charge on any atom is 0.304 e. The molecule has 1 N–H and O–H groups in total. The van der Waals surface area contributed by atoms with E-state index < -0.39 is 17.6 Å². The first-order valence-corrected chi connectivity index (χ1v) is 6.25. The summed E-state index contributed by atoms with van der Waals surface area (Å²) in [6, 6.07) is 3.23. The van der Waals surface area contributed by atoms with E-state index in [0.717, 1.165) is 6.07 Å². The summed E-state index contributed by atoms with van der Waals surface area (Å²) in [5.41, 5.74) is 0.375. The molecule has 0 saturated carbocycles. The lowest BCUT2D eigenvalue weighted by atomic mass is 10.0. The number of aliphatic carboxylic acids is 1. The third-order valence-corrected chi connectivity index (χ3v) is 3.16. The van der Waals surface area contributed by atoms with Gasteiger partial charge in [-0.3, -0.25) is 9.69 Å². The zero-order chi connectivity index (χ0) is 14.6. The highest BCUT2D eigenvalue weighted by Gasteiger charge is 2.22. The van der Waals surface area contributed by atoms with Crippen molar-refractivity contribution in [3.8, 4) is 0 Å². The van der Waals surface area contributed by atoms with Gasteiger partial charge in [0.25, 0.3) is 0 Å². The Kier molecular flexibility index (Phi) is 5.42. The van der Waals surface area contributed by atoms with Crippen molar-refractivity contribution in [1.29, 1.82) is 0 Å². The Morgan fingerprint density at radius 1 is 1.32 bits per heavy atom. The summed E-state index contributed by atoms with van der Waals surface area (Å²) in [4.78, 5) is 12.5. The van der Waals surface area contributed by atoms with E-state index in [2.05, 4.69) is 0 Å². The second-order valence-corrected chi connectivity index (χ2v) is 4.82. The third kappa shape index (κ3) is 4.28. The molecule has 1 unspecified atom stereocenters. The van der Waals surface area contributed by atoms with Gasteiger partial charge in [-0.05, 0) is 26.8 Å². The maximum absolute atomic E-state index is 13.7. The van der Waals surface area contributed by atoms with Crippen molar-refractivity contribution in [1.82, 2.24) is 4.90 Å². The van der Waals surface area contributed by atoms with Crippen LogP contribution in [0, 0.1) is 11.6 Å². The smallest absolute Gasteiger partial charge is 0.304 e. The fraction of sp³-hybridized carbons (Fsp3) is 0.500. The number of benzene rings is 1. The Morgan fingerprint density at radius 3 is 2.42 bits per heavy atom. The highest BCUT2D eigenvalue weighted by molar-refractivity contribution is 5.66. The Hall–Kier alpha value is -1.49. The van der Waals surface area contributed by atoms with E-state index in [9.17, 15) is 13.6 Å². The summed E-state index contributed by atoms with van der Waals surface area (Å²) in [5.74, 6) is -2.11. The van der Waals surface area contributed by atoms with Crippen molar-refractivity contribution in [2.45, 2.75) is 39.3 Å². The number of nitrogens with zero attached hydrogens (tertiary/aromatic N) is 1. The molecular weight excluding hydrogens is 252 g/mol. The maximum atomic E-state index is 13.7. The van der Waals surface area contributed by atoms with Crippen LogP contribution < -0.4 is 0 Å². The fourth-order valence-electron chi connectivity index (χ4n) is 2.14. The van der Waals surface area contributed by atoms with Crippen LogP contribution in [-0.4, -0.2) is 28.6 Å². The van der Waals surface area contributed by atoms with Crippen molar-refractivity contribution in [2.24, 2.45) is 0 Å². The topological polar surface area (TPSA) is 40.5 Å². The number of hydrogen-bond donors (Lipinski definition) is 1. The largest absolute Gasteiger partial charge is 0.481 e. The molecule has 0 aliphatic heterocycles. The van der Waals surface area contributed by atoms with Crippen LogP contribution in [0.5, 0.6) is 0 Å². The van der Waals surface area contributed by atoms with Gasteiger partial charge in [-0.25, -0.2) is 8.78 Å². The molecule has 0 aliphatic carbocycles. The molecule has 0 bridgehead atoms. The van der Waals surface area contributed by atoms with E-state index >= 15 is 0 Å². The highest BCUT2D eigenvalue weighted by Crippen LogP contribution is 2.25. The van der Waals surface area contributed by atoms with Crippen LogP contribution in [0.15, 0.2) is 18.2 Å². The predicted molar refractivity (Wildman–Crippen MR) is 68.9 cm³/mol. The Bertz CT molecular complexity index is 449. The average molecular weight is 271 g/mol. The minimum absolute atomic E-state index is 0.00860. The quantitative estimate of drug-likeness (QED) is 0.863. The first kappa shape index (κ1) is 15.6. The predicted octanol–water partition coefficient (Wildman–Crippen LogP) is 3.21. The van der Waals surface area contributed by atoms with E-state index in [0.29, 0.717) is 12.1 Å². The first-order chi connectivity index (χ1) is 8.82. The molecule has 0 amide bonds. The summed E-state index contributed by atoms with van der Waals surface area (Å²) >= 11 is 0. The molecule has 0 spiro atoms. The van der Waals surface area contributed by atoms with Crippen LogP contribution in [0.1, 0.15) is 38.8 Å². The summed E-state index contributed by atoms with van der Waals surface area (Å²) < 4.78 is 26.6. The lowest BCUT2D eigenvalue weighted by Crippen LogP contribution is -2.35. The van der Waals surface area contributed by atoms with Crippen LogP contribution in [0.2, 0.25) is 0 Å². The molecule has 1 aromatic rings. The summed E-state index contributed by atoms with van der Waals surface area (Å²) in [6.07, 6.45) is -0.00860. The molecule has 1 rings (SSSR count). The summed E-state index contributed by atoms with van der Waals surface area (Å²) in [6.45, 7) is 5.95. The van der Waals surface area contributed by atoms with E-state index in [1.807, 2.05) is 18.7 Å². The van der Waals surface area contributed by atoms with E-state index in [-0.39, 0.29) is 18.5 Å². The van der Waals surface area contributed by atoms with Crippen molar-refractivity contribution in [2.75, 3.05) is 6.54 Å². The average Bonchev–Trinajstić information content (AvgIpc) is 2.27. The molecule has 0 aliphatic rings. The number of carboxylic acid groups (broad SMARTS) is 1. The van der Waals surface area contributed by atoms with Gasteiger partial charge >= 0.3 is 5.97 Å². The van der Waals surface area contributed by atoms with Crippen molar-refractivity contribution >= 4 is 5.97 Å². The molecule has 0 aromatic heterocycles. The van der Waals surface area contributed by atoms with Gasteiger partial charge in [0.1, 0.15) is 11.6 Å². The van der Waals surface area contributed by atoms with Crippen LogP contribution >= 0.6 is 0 Å². The van der Waals surface area contributed by atoms with Gasteiger partial charge in [0.15, 0.2) is 0 Å². The molecule has 1 aromatic carbocycles. The highest BCUT2D eigenvalue weighted by atomic mass is 19.1. The number of carboxylic acids is 1. The summed E-state index contributed by atoms with van der Waals surface area (Å²) in [7, 11) is 0. The van der Waals surface area contributed by atoms with Gasteiger partial charge in [0.05, 0.1) is 6.42 Å². The zero-order valence-corrected chi connectivity index (χ0v) is 11.4. The molecule has 0 radical (unpaired) electrons. The standard InChI is InChI=1S/C14H19F2NO2/c1-9(2)17(7-6-14(18)19)10(3)12-5-4-11(15)8-13(12)16/h4-5,8-10H,6-7H2,1-3H3,(H,18,19). The van der Waals surface area contributed by atoms with Crippen molar-refractivity contribution in [3.63, 3.8) is 0 Å². The number of rotatable bonds is 6. The van der Waals surface area contributed by atoms with Crippen molar-refractivity contribution in [3.05, 3.63) is 35.4 Å². The monoisotopic (exact) mass is 271 g/mol. The molecule has 0 heterocycles. The fourth-order valence-corrected chi connectivity index (χ4v) is 2.14. The number of hydrogen-bond acceptors (Lipinski definition) is 2. The van der Waals surface area contributed by atoms with Gasteiger partial charge < -0.3 is 5.11 Å². The summed E-state index contributed by atoms with van der Waals surface area (Å²) in [5, 5.41) is 8.74. The minimum atomic E-state index is -0.891. The normalized spacial score (nSPS) is 13.0. The Balaban J connectivity index is 2.92. The van der Waals surface area contributed by atoms with E-state index in [1.165, 1.54) is 12.1 Å². The second-order valence-electron chi connectivity index (χ2n) is 4.82. The Morgan fingerprint density at radius 2 is 1.95 bits per heavy atom. The number of carbonyl (C=O) groups is 1. The lowest BCUT2D eigenvalue weighted by molar-refractivity contribution is -0.137. The van der Waals surface area contributed by atoms with Gasteiger partial charge in [-0.15, -0.1) is 0 Å². The zero-order valence-electron chi connectivity index (χ0n) is 11.4. The molecule has 3 nitrogen and oxygen atoms in total. The van der Waals surface area contributed by atoms with Gasteiger partial charge in [-0.2, -0.15) is 0 Å². The molecule has 5 heteroatoms. The lowest BCUT2D eigenvalue weighted by Gasteiger charge is -2.32. The van der Waals surface area contributed by atoms with Crippen molar-refractivity contribution < 1.29 is 18.7 Å². The van der Waals surface area contributed by atoms with E-state index in [4.69, 9.17) is 5.11 Å². The van der Waals surface area contributed by atoms with Gasteiger partial charge in [-0.1, -0.05) is 6.07 Å². The molecular formula is C14H19F2NO2. The van der Waals surface area contributed by atoms with Crippen LogP contribution in [-0.2, 0) is 4.79 Å². The second kappa shape index (κ2) is 6.61. The SMILES string of the molecule is CC(C)N(CCC(=O)O)C(C)c1ccc(F)cc1F. The molecule has 19 heavy (non-hydrogen) atoms.